The van der Waals surface area contributed by atoms with Gasteiger partial charge in [-0.1, -0.05) is 19.4 Å². The van der Waals surface area contributed by atoms with Gasteiger partial charge in [0.15, 0.2) is 9.84 Å². The summed E-state index contributed by atoms with van der Waals surface area (Å²) in [6, 6.07) is 0. The van der Waals surface area contributed by atoms with Crippen LogP contribution in [0.3, 0.4) is 0 Å². The highest BCUT2D eigenvalue weighted by Gasteiger charge is 1.89. The van der Waals surface area contributed by atoms with E-state index in [2.05, 4.69) is 0 Å². The van der Waals surface area contributed by atoms with Crippen molar-refractivity contribution in [1.82, 2.24) is 0 Å². The van der Waals surface area contributed by atoms with Gasteiger partial charge in [0, 0.05) is 11.7 Å². The van der Waals surface area contributed by atoms with Crippen LogP contribution < -0.4 is 0 Å². The Hall–Kier alpha value is -0.310. The van der Waals surface area contributed by atoms with Crippen LogP contribution >= 0.6 is 0 Å². The molecule has 54 valence electrons. The van der Waals surface area contributed by atoms with Gasteiger partial charge < -0.3 is 0 Å². The minimum absolute atomic E-state index is 0.840. The van der Waals surface area contributed by atoms with E-state index >= 15 is 0 Å². The van der Waals surface area contributed by atoms with Gasteiger partial charge in [-0.15, -0.1) is 0 Å². The molecule has 0 unspecified atom stereocenters. The van der Waals surface area contributed by atoms with Gasteiger partial charge in [-0.05, 0) is 6.42 Å². The topological polar surface area (TPSA) is 34.1 Å². The zero-order valence-electron chi connectivity index (χ0n) is 5.79. The highest BCUT2D eigenvalue weighted by Crippen LogP contribution is 1.91. The van der Waals surface area contributed by atoms with Crippen molar-refractivity contribution < 1.29 is 8.42 Å². The van der Waals surface area contributed by atoms with Gasteiger partial charge in [0.05, 0.1) is 0 Å². The molecule has 0 spiro atoms. The minimum atomic E-state index is -2.88. The Bertz CT molecular complexity index is 177. The maximum absolute atomic E-state index is 10.4. The van der Waals surface area contributed by atoms with Crippen molar-refractivity contribution in [1.29, 1.82) is 0 Å². The van der Waals surface area contributed by atoms with Crippen LogP contribution in [0.25, 0.3) is 0 Å². The lowest BCUT2D eigenvalue weighted by Crippen LogP contribution is -1.87. The molecule has 9 heavy (non-hydrogen) atoms. The summed E-state index contributed by atoms with van der Waals surface area (Å²) < 4.78 is 20.8. The molecular formula is C6H12O2S. The summed E-state index contributed by atoms with van der Waals surface area (Å²) in [6.07, 6.45) is 4.70. The fraction of sp³-hybridized carbons (Fsp3) is 0.667. The molecule has 0 saturated carbocycles. The molecule has 0 aromatic rings. The third-order valence-corrected chi connectivity index (χ3v) is 1.49. The van der Waals surface area contributed by atoms with Gasteiger partial charge in [0.2, 0.25) is 0 Å². The number of hydrogen-bond donors (Lipinski definition) is 0. The number of sulfone groups is 1. The molecule has 0 bridgehead atoms. The maximum Gasteiger partial charge on any atom is 0.168 e. The summed E-state index contributed by atoms with van der Waals surface area (Å²) in [5.41, 5.74) is 0. The molecule has 2 nitrogen and oxygen atoms in total. The molecule has 0 aliphatic carbocycles. The largest absolute Gasteiger partial charge is 0.225 e. The fourth-order valence-electron chi connectivity index (χ4n) is 0.410. The normalized spacial score (nSPS) is 12.7. The van der Waals surface area contributed by atoms with E-state index in [1.165, 1.54) is 11.7 Å². The summed E-state index contributed by atoms with van der Waals surface area (Å²) in [5, 5.41) is 1.25. The fourth-order valence-corrected chi connectivity index (χ4v) is 0.895. The molecule has 0 aromatic carbocycles. The second-order valence-corrected chi connectivity index (χ2v) is 3.92. The van der Waals surface area contributed by atoms with E-state index < -0.39 is 9.84 Å². The molecule has 0 atom stereocenters. The van der Waals surface area contributed by atoms with Gasteiger partial charge in [-0.25, -0.2) is 8.42 Å². The third kappa shape index (κ3) is 7.69. The first-order valence-electron chi connectivity index (χ1n) is 2.93. The molecule has 0 radical (unpaired) electrons. The van der Waals surface area contributed by atoms with E-state index in [4.69, 9.17) is 0 Å². The molecular weight excluding hydrogens is 136 g/mol. The van der Waals surface area contributed by atoms with Gasteiger partial charge in [-0.2, -0.15) is 0 Å². The zero-order chi connectivity index (χ0) is 7.33. The van der Waals surface area contributed by atoms with Crippen molar-refractivity contribution in [2.24, 2.45) is 0 Å². The average Bonchev–Trinajstić information content (AvgIpc) is 1.63. The summed E-state index contributed by atoms with van der Waals surface area (Å²) in [4.78, 5) is 0. The van der Waals surface area contributed by atoms with Crippen molar-refractivity contribution in [3.05, 3.63) is 11.5 Å². The maximum atomic E-state index is 10.4. The van der Waals surface area contributed by atoms with E-state index in [-0.39, 0.29) is 0 Å². The second kappa shape index (κ2) is 3.67. The predicted octanol–water partition coefficient (Wildman–Crippen LogP) is 1.34. The summed E-state index contributed by atoms with van der Waals surface area (Å²) in [7, 11) is -2.88. The van der Waals surface area contributed by atoms with Crippen molar-refractivity contribution >= 4 is 9.84 Å². The van der Waals surface area contributed by atoms with Gasteiger partial charge in [-0.3, -0.25) is 0 Å². The average molecular weight is 148 g/mol. The van der Waals surface area contributed by atoms with E-state index in [1.54, 1.807) is 6.08 Å². The molecule has 0 fully saturated rings. The molecule has 0 amide bonds. The standard InChI is InChI=1S/C6H12O2S/c1-3-4-5-6-9(2,7)8/h5-6H,3-4H2,1-2H3/b6-5+. The molecule has 0 rings (SSSR count). The second-order valence-electron chi connectivity index (χ2n) is 1.99. The first-order chi connectivity index (χ1) is 4.06. The molecule has 0 N–H and O–H groups in total. The van der Waals surface area contributed by atoms with E-state index in [9.17, 15) is 8.42 Å². The van der Waals surface area contributed by atoms with Crippen molar-refractivity contribution in [2.75, 3.05) is 6.26 Å². The Morgan fingerprint density at radius 3 is 2.33 bits per heavy atom. The minimum Gasteiger partial charge on any atom is -0.225 e. The predicted molar refractivity (Wildman–Crippen MR) is 38.9 cm³/mol. The molecule has 0 heterocycles. The Morgan fingerprint density at radius 2 is 2.00 bits per heavy atom. The van der Waals surface area contributed by atoms with Gasteiger partial charge in [0.1, 0.15) is 0 Å². The lowest BCUT2D eigenvalue weighted by atomic mass is 10.3. The number of rotatable bonds is 3. The monoisotopic (exact) mass is 148 g/mol. The molecule has 0 aliphatic rings. The van der Waals surface area contributed by atoms with Crippen molar-refractivity contribution in [2.45, 2.75) is 19.8 Å². The van der Waals surface area contributed by atoms with Crippen LogP contribution in [0, 0.1) is 0 Å². The number of hydrogen-bond acceptors (Lipinski definition) is 2. The zero-order valence-corrected chi connectivity index (χ0v) is 6.61. The van der Waals surface area contributed by atoms with E-state index in [0.717, 1.165) is 12.8 Å². The highest BCUT2D eigenvalue weighted by molar-refractivity contribution is 7.93. The Kier molecular flexibility index (Phi) is 3.54. The van der Waals surface area contributed by atoms with E-state index in [1.807, 2.05) is 6.92 Å². The van der Waals surface area contributed by atoms with Crippen LogP contribution in [0.15, 0.2) is 11.5 Å². The molecule has 3 heteroatoms. The number of unbranched alkanes of at least 4 members (excludes halogenated alkanes) is 1. The molecule has 0 saturated heterocycles. The van der Waals surface area contributed by atoms with Gasteiger partial charge >= 0.3 is 0 Å². The van der Waals surface area contributed by atoms with Crippen LogP contribution in [0.2, 0.25) is 0 Å². The third-order valence-electron chi connectivity index (χ3n) is 0.799. The lowest BCUT2D eigenvalue weighted by molar-refractivity contribution is 0.610. The quantitative estimate of drug-likeness (QED) is 0.605. The SMILES string of the molecule is CCC/C=C/S(C)(=O)=O. The van der Waals surface area contributed by atoms with Crippen LogP contribution in [0.1, 0.15) is 19.8 Å². The van der Waals surface area contributed by atoms with Crippen LogP contribution in [0.5, 0.6) is 0 Å². The number of allylic oxidation sites excluding steroid dienone is 1. The molecule has 0 aromatic heterocycles. The van der Waals surface area contributed by atoms with Crippen molar-refractivity contribution in [3.8, 4) is 0 Å². The Labute approximate surface area is 56.5 Å². The highest BCUT2D eigenvalue weighted by atomic mass is 32.2. The van der Waals surface area contributed by atoms with E-state index in [0.29, 0.717) is 0 Å². The summed E-state index contributed by atoms with van der Waals surface area (Å²) in [5.74, 6) is 0. The summed E-state index contributed by atoms with van der Waals surface area (Å²) >= 11 is 0. The first-order valence-corrected chi connectivity index (χ1v) is 4.88. The first kappa shape index (κ1) is 8.69. The molecule has 0 aliphatic heterocycles. The lowest BCUT2D eigenvalue weighted by Gasteiger charge is -1.83. The Morgan fingerprint density at radius 1 is 1.44 bits per heavy atom. The van der Waals surface area contributed by atoms with Crippen LogP contribution in [-0.2, 0) is 9.84 Å². The van der Waals surface area contributed by atoms with Gasteiger partial charge in [0.25, 0.3) is 0 Å². The van der Waals surface area contributed by atoms with Crippen LogP contribution in [-0.4, -0.2) is 14.7 Å². The summed E-state index contributed by atoms with van der Waals surface area (Å²) in [6.45, 7) is 2.01. The van der Waals surface area contributed by atoms with Crippen LogP contribution in [0.4, 0.5) is 0 Å². The van der Waals surface area contributed by atoms with Crippen molar-refractivity contribution in [3.63, 3.8) is 0 Å². The Balaban J connectivity index is 3.73. The smallest absolute Gasteiger partial charge is 0.168 e.